The first-order valence-corrected chi connectivity index (χ1v) is 9.49. The summed E-state index contributed by atoms with van der Waals surface area (Å²) in [6.07, 6.45) is -0.332. The van der Waals surface area contributed by atoms with Crippen LogP contribution in [-0.2, 0) is 6.42 Å². The van der Waals surface area contributed by atoms with Gasteiger partial charge in [0.25, 0.3) is 5.22 Å². The van der Waals surface area contributed by atoms with Gasteiger partial charge in [0.05, 0.1) is 18.6 Å². The summed E-state index contributed by atoms with van der Waals surface area (Å²) in [6, 6.07) is 16.4. The average Bonchev–Trinajstić information content (AvgIpc) is 3.16. The molecule has 0 fully saturated rings. The number of nitrogens with zero attached hydrogens (tertiary/aromatic N) is 3. The van der Waals surface area contributed by atoms with E-state index in [4.69, 9.17) is 26.0 Å². The normalized spacial score (nSPS) is 11.7. The summed E-state index contributed by atoms with van der Waals surface area (Å²) >= 11 is 7.12. The monoisotopic (exact) mass is 401 g/mol. The predicted molar refractivity (Wildman–Crippen MR) is 103 cm³/mol. The van der Waals surface area contributed by atoms with Gasteiger partial charge < -0.3 is 14.3 Å². The fourth-order valence-electron chi connectivity index (χ4n) is 2.18. The maximum atomic E-state index is 10.1. The molecule has 0 radical (unpaired) electrons. The molecular formula is C19H16ClN3O3S. The van der Waals surface area contributed by atoms with Gasteiger partial charge in [0.1, 0.15) is 12.4 Å². The van der Waals surface area contributed by atoms with Crippen molar-refractivity contribution in [2.24, 2.45) is 0 Å². The van der Waals surface area contributed by atoms with Gasteiger partial charge in [-0.25, -0.2) is 0 Å². The van der Waals surface area contributed by atoms with Crippen LogP contribution < -0.4 is 4.74 Å². The molecule has 1 atom stereocenters. The van der Waals surface area contributed by atoms with E-state index in [1.165, 1.54) is 11.8 Å². The first-order valence-electron chi connectivity index (χ1n) is 8.13. The molecule has 0 amide bonds. The molecule has 1 N–H and O–H groups in total. The van der Waals surface area contributed by atoms with Crippen LogP contribution in [0.1, 0.15) is 5.56 Å². The van der Waals surface area contributed by atoms with Crippen molar-refractivity contribution in [3.8, 4) is 23.3 Å². The van der Waals surface area contributed by atoms with E-state index in [-0.39, 0.29) is 6.61 Å². The number of aliphatic hydroxyl groups excluding tert-OH is 1. The third-order valence-corrected chi connectivity index (χ3v) is 4.76. The van der Waals surface area contributed by atoms with Crippen molar-refractivity contribution < 1.29 is 14.3 Å². The molecule has 0 aliphatic rings. The Balaban J connectivity index is 1.46. The van der Waals surface area contributed by atoms with Crippen molar-refractivity contribution in [3.05, 3.63) is 59.1 Å². The van der Waals surface area contributed by atoms with E-state index in [1.807, 2.05) is 12.1 Å². The van der Waals surface area contributed by atoms with Crippen molar-refractivity contribution in [1.82, 2.24) is 10.2 Å². The van der Waals surface area contributed by atoms with Gasteiger partial charge in [0, 0.05) is 16.3 Å². The number of aromatic nitrogens is 2. The van der Waals surface area contributed by atoms with Gasteiger partial charge in [0.15, 0.2) is 0 Å². The van der Waals surface area contributed by atoms with E-state index in [0.717, 1.165) is 11.1 Å². The summed E-state index contributed by atoms with van der Waals surface area (Å²) in [5.74, 6) is 1.40. The summed E-state index contributed by atoms with van der Waals surface area (Å²) in [4.78, 5) is 0. The Hall–Kier alpha value is -2.53. The molecule has 27 heavy (non-hydrogen) atoms. The minimum absolute atomic E-state index is 0.142. The maximum absolute atomic E-state index is 10.1. The molecule has 3 aromatic rings. The third-order valence-electron chi connectivity index (χ3n) is 3.55. The second-order valence-corrected chi connectivity index (χ2v) is 7.04. The maximum Gasteiger partial charge on any atom is 0.276 e. The third kappa shape index (κ3) is 5.73. The molecule has 0 unspecified atom stereocenters. The molecule has 6 nitrogen and oxygen atoms in total. The second kappa shape index (κ2) is 9.42. The fraction of sp³-hybridized carbons (Fsp3) is 0.211. The van der Waals surface area contributed by atoms with Crippen molar-refractivity contribution in [2.75, 3.05) is 12.4 Å². The molecule has 0 saturated carbocycles. The number of nitriles is 1. The lowest BCUT2D eigenvalue weighted by atomic mass is 10.2. The van der Waals surface area contributed by atoms with Crippen LogP contribution in [-0.4, -0.2) is 33.8 Å². The quantitative estimate of drug-likeness (QED) is 0.570. The highest BCUT2D eigenvalue weighted by Crippen LogP contribution is 2.24. The zero-order chi connectivity index (χ0) is 19.1. The zero-order valence-electron chi connectivity index (χ0n) is 14.2. The Morgan fingerprint density at radius 3 is 2.59 bits per heavy atom. The molecule has 1 heterocycles. The van der Waals surface area contributed by atoms with E-state index in [9.17, 15) is 5.11 Å². The number of hydrogen-bond acceptors (Lipinski definition) is 7. The van der Waals surface area contributed by atoms with Gasteiger partial charge >= 0.3 is 0 Å². The molecule has 1 aromatic heterocycles. The predicted octanol–water partition coefficient (Wildman–Crippen LogP) is 3.99. The Labute approximate surface area is 165 Å². The molecule has 0 bridgehead atoms. The van der Waals surface area contributed by atoms with Gasteiger partial charge in [-0.15, -0.1) is 10.2 Å². The fourth-order valence-corrected chi connectivity index (χ4v) is 2.97. The highest BCUT2D eigenvalue weighted by atomic mass is 35.5. The van der Waals surface area contributed by atoms with Gasteiger partial charge in [-0.05, 0) is 42.0 Å². The first kappa shape index (κ1) is 19.2. The van der Waals surface area contributed by atoms with Gasteiger partial charge in [-0.2, -0.15) is 5.26 Å². The number of thioether (sulfide) groups is 1. The van der Waals surface area contributed by atoms with Gasteiger partial charge in [-0.3, -0.25) is 0 Å². The highest BCUT2D eigenvalue weighted by Gasteiger charge is 2.12. The van der Waals surface area contributed by atoms with E-state index in [2.05, 4.69) is 16.3 Å². The van der Waals surface area contributed by atoms with Crippen LogP contribution in [0.15, 0.2) is 58.2 Å². The van der Waals surface area contributed by atoms with Crippen LogP contribution in [0.4, 0.5) is 0 Å². The van der Waals surface area contributed by atoms with E-state index < -0.39 is 6.10 Å². The SMILES string of the molecule is N#CCc1ccc(OC[C@@H](O)CSc2nnc(-c3ccc(Cl)cc3)o2)cc1. The number of halogens is 1. The minimum Gasteiger partial charge on any atom is -0.491 e. The average molecular weight is 402 g/mol. The lowest BCUT2D eigenvalue weighted by molar-refractivity contribution is 0.126. The number of benzene rings is 2. The topological polar surface area (TPSA) is 92.2 Å². The van der Waals surface area contributed by atoms with Gasteiger partial charge in [0.2, 0.25) is 5.89 Å². The Morgan fingerprint density at radius 2 is 1.89 bits per heavy atom. The highest BCUT2D eigenvalue weighted by molar-refractivity contribution is 7.99. The van der Waals surface area contributed by atoms with Crippen molar-refractivity contribution >= 4 is 23.4 Å². The lowest BCUT2D eigenvalue weighted by Crippen LogP contribution is -2.20. The first-order chi connectivity index (χ1) is 13.1. The summed E-state index contributed by atoms with van der Waals surface area (Å²) < 4.78 is 11.1. The van der Waals surface area contributed by atoms with E-state index >= 15 is 0 Å². The molecule has 0 aliphatic heterocycles. The molecule has 2 aromatic carbocycles. The van der Waals surface area contributed by atoms with E-state index in [1.54, 1.807) is 36.4 Å². The number of aliphatic hydroxyl groups is 1. The molecule has 138 valence electrons. The van der Waals surface area contributed by atoms with Crippen molar-refractivity contribution in [2.45, 2.75) is 17.7 Å². The standard InChI is InChI=1S/C19H16ClN3O3S/c20-15-5-3-14(4-6-15)18-22-23-19(26-18)27-12-16(24)11-25-17-7-1-13(2-8-17)9-10-21/h1-8,16,24H,9,11-12H2/t16-/m1/s1. The molecular weight excluding hydrogens is 386 g/mol. The van der Waals surface area contributed by atoms with Crippen LogP contribution in [0.3, 0.4) is 0 Å². The number of rotatable bonds is 8. The van der Waals surface area contributed by atoms with Gasteiger partial charge in [-0.1, -0.05) is 35.5 Å². The Kier molecular flexibility index (Phi) is 6.71. The zero-order valence-corrected chi connectivity index (χ0v) is 15.8. The summed E-state index contributed by atoms with van der Waals surface area (Å²) in [7, 11) is 0. The van der Waals surface area contributed by atoms with Crippen molar-refractivity contribution in [1.29, 1.82) is 5.26 Å². The van der Waals surface area contributed by atoms with Crippen LogP contribution in [0.5, 0.6) is 5.75 Å². The molecule has 8 heteroatoms. The molecule has 3 rings (SSSR count). The smallest absolute Gasteiger partial charge is 0.276 e. The largest absolute Gasteiger partial charge is 0.491 e. The van der Waals surface area contributed by atoms with E-state index in [0.29, 0.717) is 34.1 Å². The van der Waals surface area contributed by atoms with Crippen LogP contribution >= 0.6 is 23.4 Å². The molecule has 0 aliphatic carbocycles. The lowest BCUT2D eigenvalue weighted by Gasteiger charge is -2.11. The van der Waals surface area contributed by atoms with Crippen LogP contribution in [0.25, 0.3) is 11.5 Å². The molecule has 0 saturated heterocycles. The summed E-state index contributed by atoms with van der Waals surface area (Å²) in [5.41, 5.74) is 1.70. The Morgan fingerprint density at radius 1 is 1.15 bits per heavy atom. The number of hydrogen-bond donors (Lipinski definition) is 1. The van der Waals surface area contributed by atoms with Crippen molar-refractivity contribution in [3.63, 3.8) is 0 Å². The van der Waals surface area contributed by atoms with Crippen LogP contribution in [0, 0.1) is 11.3 Å². The summed E-state index contributed by atoms with van der Waals surface area (Å²) in [5, 5.41) is 27.7. The van der Waals surface area contributed by atoms with Crippen LogP contribution in [0.2, 0.25) is 5.02 Å². The number of ether oxygens (including phenoxy) is 1. The second-order valence-electron chi connectivity index (χ2n) is 5.63. The Bertz CT molecular complexity index is 907. The summed E-state index contributed by atoms with van der Waals surface area (Å²) in [6.45, 7) is 0.142. The molecule has 0 spiro atoms. The minimum atomic E-state index is -0.695.